The van der Waals surface area contributed by atoms with Crippen molar-refractivity contribution in [2.75, 3.05) is 13.0 Å². The van der Waals surface area contributed by atoms with Crippen LogP contribution in [0.1, 0.15) is 43.7 Å². The maximum absolute atomic E-state index is 6.19. The second-order valence-corrected chi connectivity index (χ2v) is 7.09. The van der Waals surface area contributed by atoms with E-state index in [-0.39, 0.29) is 11.2 Å². The molecule has 0 saturated carbocycles. The van der Waals surface area contributed by atoms with Crippen LogP contribution in [0.3, 0.4) is 0 Å². The second kappa shape index (κ2) is 7.14. The van der Waals surface area contributed by atoms with E-state index in [1.807, 2.05) is 45.0 Å². The van der Waals surface area contributed by atoms with E-state index in [0.29, 0.717) is 28.4 Å². The molecule has 0 bridgehead atoms. The number of para-hydroxylation sites is 1. The van der Waals surface area contributed by atoms with Crippen molar-refractivity contribution in [3.05, 3.63) is 36.0 Å². The van der Waals surface area contributed by atoms with Crippen molar-refractivity contribution < 1.29 is 9.26 Å². The molecule has 0 spiro atoms. The number of aromatic nitrogens is 5. The van der Waals surface area contributed by atoms with Crippen LogP contribution in [0, 0.1) is 0 Å². The number of nitrogens with two attached hydrogens (primary N) is 1. The molecule has 1 atom stereocenters. The smallest absolute Gasteiger partial charge is 0.239 e. The predicted molar refractivity (Wildman–Crippen MR) is 94.8 cm³/mol. The number of methoxy groups -OCH3 is 1. The van der Waals surface area contributed by atoms with Gasteiger partial charge >= 0.3 is 0 Å². The molecule has 3 rings (SSSR count). The standard InChI is InChI=1S/C16H20N6O2S/c1-9(2)13-18-15(24-21-13)10(3)25-16-20-19-14(22(16)17)11-7-5-6-8-12(11)23-4/h5-10H,17H2,1-4H3. The number of thioether (sulfide) groups is 1. The minimum absolute atomic E-state index is 0.1000. The predicted octanol–water partition coefficient (Wildman–Crippen LogP) is 3.03. The lowest BCUT2D eigenvalue weighted by molar-refractivity contribution is 0.373. The summed E-state index contributed by atoms with van der Waals surface area (Å²) in [6.45, 7) is 5.99. The maximum atomic E-state index is 6.19. The van der Waals surface area contributed by atoms with Gasteiger partial charge in [-0.25, -0.2) is 4.68 Å². The summed E-state index contributed by atoms with van der Waals surface area (Å²) in [4.78, 5) is 4.41. The Labute approximate surface area is 149 Å². The topological polar surface area (TPSA) is 105 Å². The van der Waals surface area contributed by atoms with E-state index in [0.717, 1.165) is 5.56 Å². The van der Waals surface area contributed by atoms with E-state index in [9.17, 15) is 0 Å². The van der Waals surface area contributed by atoms with Crippen LogP contribution in [-0.2, 0) is 0 Å². The number of hydrogen-bond acceptors (Lipinski definition) is 8. The zero-order chi connectivity index (χ0) is 18.0. The summed E-state index contributed by atoms with van der Waals surface area (Å²) in [5, 5.41) is 12.8. The summed E-state index contributed by atoms with van der Waals surface area (Å²) < 4.78 is 12.1. The summed E-state index contributed by atoms with van der Waals surface area (Å²) in [7, 11) is 1.61. The lowest BCUT2D eigenvalue weighted by Gasteiger charge is -2.09. The van der Waals surface area contributed by atoms with Gasteiger partial charge in [-0.1, -0.05) is 42.9 Å². The van der Waals surface area contributed by atoms with Crippen molar-refractivity contribution in [1.82, 2.24) is 25.0 Å². The van der Waals surface area contributed by atoms with Crippen LogP contribution >= 0.6 is 11.8 Å². The summed E-state index contributed by atoms with van der Waals surface area (Å²) in [6, 6.07) is 7.52. The summed E-state index contributed by atoms with van der Waals surface area (Å²) in [5.74, 6) is 8.84. The molecule has 0 aliphatic rings. The molecule has 2 N–H and O–H groups in total. The minimum atomic E-state index is -0.1000. The van der Waals surface area contributed by atoms with Gasteiger partial charge in [-0.05, 0) is 19.1 Å². The lowest BCUT2D eigenvalue weighted by Crippen LogP contribution is -2.12. The van der Waals surface area contributed by atoms with E-state index in [2.05, 4.69) is 20.3 Å². The van der Waals surface area contributed by atoms with Crippen molar-refractivity contribution >= 4 is 11.8 Å². The Morgan fingerprint density at radius 3 is 2.64 bits per heavy atom. The number of hydrogen-bond donors (Lipinski definition) is 1. The quantitative estimate of drug-likeness (QED) is 0.528. The molecule has 0 aliphatic heterocycles. The monoisotopic (exact) mass is 360 g/mol. The Kier molecular flexibility index (Phi) is 4.93. The molecular weight excluding hydrogens is 340 g/mol. The Morgan fingerprint density at radius 1 is 1.20 bits per heavy atom. The molecule has 0 fully saturated rings. The molecule has 0 amide bonds. The third-order valence-electron chi connectivity index (χ3n) is 3.62. The van der Waals surface area contributed by atoms with Gasteiger partial charge in [-0.3, -0.25) is 0 Å². The van der Waals surface area contributed by atoms with Crippen LogP contribution in [0.25, 0.3) is 11.4 Å². The lowest BCUT2D eigenvalue weighted by atomic mass is 10.2. The molecule has 8 nitrogen and oxygen atoms in total. The molecule has 9 heteroatoms. The first-order valence-corrected chi connectivity index (χ1v) is 8.73. The minimum Gasteiger partial charge on any atom is -0.496 e. The Morgan fingerprint density at radius 2 is 1.96 bits per heavy atom. The first kappa shape index (κ1) is 17.3. The Balaban J connectivity index is 1.83. The van der Waals surface area contributed by atoms with Gasteiger partial charge in [0.05, 0.1) is 17.9 Å². The number of nitrogen functional groups attached to an aromatic ring is 1. The highest BCUT2D eigenvalue weighted by atomic mass is 32.2. The largest absolute Gasteiger partial charge is 0.496 e. The van der Waals surface area contributed by atoms with Crippen LogP contribution < -0.4 is 10.6 Å². The normalized spacial score (nSPS) is 12.5. The fourth-order valence-electron chi connectivity index (χ4n) is 2.23. The van der Waals surface area contributed by atoms with E-state index >= 15 is 0 Å². The zero-order valence-corrected chi connectivity index (χ0v) is 15.3. The van der Waals surface area contributed by atoms with Gasteiger partial charge in [0.2, 0.25) is 11.0 Å². The average Bonchev–Trinajstić information content (AvgIpc) is 3.23. The Bertz CT molecular complexity index is 860. The van der Waals surface area contributed by atoms with Crippen LogP contribution in [0.5, 0.6) is 5.75 Å². The summed E-state index contributed by atoms with van der Waals surface area (Å²) >= 11 is 1.40. The van der Waals surface area contributed by atoms with Crippen LogP contribution in [0.2, 0.25) is 0 Å². The molecule has 3 aromatic rings. The molecule has 2 heterocycles. The van der Waals surface area contributed by atoms with Crippen molar-refractivity contribution in [2.45, 2.75) is 37.1 Å². The summed E-state index contributed by atoms with van der Waals surface area (Å²) in [5.41, 5.74) is 0.777. The van der Waals surface area contributed by atoms with E-state index in [1.165, 1.54) is 16.4 Å². The van der Waals surface area contributed by atoms with Crippen LogP contribution in [0.15, 0.2) is 33.9 Å². The fourth-order valence-corrected chi connectivity index (χ4v) is 3.03. The second-order valence-electron chi connectivity index (χ2n) is 5.78. The van der Waals surface area contributed by atoms with E-state index in [4.69, 9.17) is 15.1 Å². The van der Waals surface area contributed by atoms with Gasteiger partial charge in [-0.15, -0.1) is 10.2 Å². The van der Waals surface area contributed by atoms with Crippen LogP contribution in [0.4, 0.5) is 0 Å². The first-order chi connectivity index (χ1) is 12.0. The summed E-state index contributed by atoms with van der Waals surface area (Å²) in [6.07, 6.45) is 0. The Hall–Kier alpha value is -2.55. The van der Waals surface area contributed by atoms with Gasteiger partial charge < -0.3 is 15.1 Å². The number of ether oxygens (including phenoxy) is 1. The molecular formula is C16H20N6O2S. The zero-order valence-electron chi connectivity index (χ0n) is 14.5. The maximum Gasteiger partial charge on any atom is 0.239 e. The first-order valence-electron chi connectivity index (χ1n) is 7.85. The van der Waals surface area contributed by atoms with E-state index in [1.54, 1.807) is 7.11 Å². The van der Waals surface area contributed by atoms with E-state index < -0.39 is 0 Å². The number of rotatable bonds is 6. The number of benzene rings is 1. The third kappa shape index (κ3) is 3.46. The van der Waals surface area contributed by atoms with Gasteiger partial charge in [0.15, 0.2) is 11.6 Å². The molecule has 25 heavy (non-hydrogen) atoms. The SMILES string of the molecule is COc1ccccc1-c1nnc(SC(C)c2nc(C(C)C)no2)n1N. The van der Waals surface area contributed by atoms with Gasteiger partial charge in [0.1, 0.15) is 5.75 Å². The fraction of sp³-hybridized carbons (Fsp3) is 0.375. The van der Waals surface area contributed by atoms with Gasteiger partial charge in [-0.2, -0.15) is 4.98 Å². The molecule has 0 saturated heterocycles. The van der Waals surface area contributed by atoms with Gasteiger partial charge in [0, 0.05) is 5.92 Å². The van der Waals surface area contributed by atoms with Crippen molar-refractivity contribution in [2.24, 2.45) is 0 Å². The molecule has 1 aromatic carbocycles. The molecule has 2 aromatic heterocycles. The molecule has 1 unspecified atom stereocenters. The molecule has 0 aliphatic carbocycles. The van der Waals surface area contributed by atoms with Crippen molar-refractivity contribution in [1.29, 1.82) is 0 Å². The average molecular weight is 360 g/mol. The highest BCUT2D eigenvalue weighted by Crippen LogP contribution is 2.35. The van der Waals surface area contributed by atoms with Gasteiger partial charge in [0.25, 0.3) is 0 Å². The van der Waals surface area contributed by atoms with Crippen molar-refractivity contribution in [3.63, 3.8) is 0 Å². The third-order valence-corrected chi connectivity index (χ3v) is 4.66. The van der Waals surface area contributed by atoms with Crippen molar-refractivity contribution in [3.8, 4) is 17.1 Å². The molecule has 132 valence electrons. The molecule has 0 radical (unpaired) electrons. The number of nitrogens with zero attached hydrogens (tertiary/aromatic N) is 5. The highest BCUT2D eigenvalue weighted by molar-refractivity contribution is 7.99. The highest BCUT2D eigenvalue weighted by Gasteiger charge is 2.22. The van der Waals surface area contributed by atoms with Crippen LogP contribution in [-0.4, -0.2) is 32.1 Å².